The van der Waals surface area contributed by atoms with Crippen LogP contribution in [0.1, 0.15) is 11.3 Å². The molecule has 122 valence electrons. The second kappa shape index (κ2) is 6.64. The quantitative estimate of drug-likeness (QED) is 0.939. The maximum atomic E-state index is 12.5. The molecular weight excluding hydrogens is 309 g/mol. The van der Waals surface area contributed by atoms with Gasteiger partial charge in [-0.2, -0.15) is 13.2 Å². The fraction of sp³-hybridized carbons (Fsp3) is 0.267. The first-order chi connectivity index (χ1) is 10.8. The third kappa shape index (κ3) is 4.67. The topological polar surface area (TPSA) is 58.1 Å². The summed E-state index contributed by atoms with van der Waals surface area (Å²) in [6.45, 7) is 1.74. The molecule has 2 rings (SSSR count). The van der Waals surface area contributed by atoms with Gasteiger partial charge in [-0.15, -0.1) is 0 Å². The van der Waals surface area contributed by atoms with E-state index in [1.54, 1.807) is 32.2 Å². The first-order valence-electron chi connectivity index (χ1n) is 6.73. The highest BCUT2D eigenvalue weighted by Gasteiger charge is 2.30. The van der Waals surface area contributed by atoms with Crippen molar-refractivity contribution in [2.24, 2.45) is 0 Å². The summed E-state index contributed by atoms with van der Waals surface area (Å²) < 4.78 is 37.4. The molecule has 0 aliphatic carbocycles. The number of amides is 1. The number of alkyl halides is 3. The van der Waals surface area contributed by atoms with E-state index in [4.69, 9.17) is 0 Å². The van der Waals surface area contributed by atoms with Crippen molar-refractivity contribution in [2.75, 3.05) is 23.8 Å². The number of hydrogen-bond donors (Lipinski definition) is 1. The number of hydrogen-bond acceptors (Lipinski definition) is 4. The molecule has 0 saturated heterocycles. The van der Waals surface area contributed by atoms with Crippen LogP contribution in [0.15, 0.2) is 36.5 Å². The van der Waals surface area contributed by atoms with Gasteiger partial charge in [-0.25, -0.2) is 9.97 Å². The molecule has 1 amide bonds. The summed E-state index contributed by atoms with van der Waals surface area (Å²) in [5, 5.41) is 2.62. The monoisotopic (exact) mass is 324 g/mol. The van der Waals surface area contributed by atoms with Crippen molar-refractivity contribution in [1.82, 2.24) is 9.97 Å². The van der Waals surface area contributed by atoms with Gasteiger partial charge in [-0.05, 0) is 31.2 Å². The first kappa shape index (κ1) is 16.7. The molecule has 2 aromatic rings. The van der Waals surface area contributed by atoms with E-state index in [1.807, 2.05) is 0 Å². The average molecular weight is 324 g/mol. The number of anilines is 2. The summed E-state index contributed by atoms with van der Waals surface area (Å²) in [6, 6.07) is 7.37. The number of carbonyl (C=O) groups is 1. The highest BCUT2D eigenvalue weighted by atomic mass is 19.4. The van der Waals surface area contributed by atoms with Crippen molar-refractivity contribution < 1.29 is 18.0 Å². The van der Waals surface area contributed by atoms with E-state index in [9.17, 15) is 18.0 Å². The molecule has 0 bridgehead atoms. The zero-order valence-corrected chi connectivity index (χ0v) is 12.6. The standard InChI is InChI=1S/C15H15F3N4O/c1-10-4-3-5-12(20-10)21-14(23)9-22(2)13-7-6-11(8-19-13)15(16,17)18/h3-8H,9H2,1-2H3,(H,20,21,23). The lowest BCUT2D eigenvalue weighted by Gasteiger charge is -2.18. The molecule has 2 heterocycles. The van der Waals surface area contributed by atoms with Crippen LogP contribution in [0.3, 0.4) is 0 Å². The fourth-order valence-corrected chi connectivity index (χ4v) is 1.87. The smallest absolute Gasteiger partial charge is 0.350 e. The number of pyridine rings is 2. The van der Waals surface area contributed by atoms with Crippen LogP contribution in [0.4, 0.5) is 24.8 Å². The lowest BCUT2D eigenvalue weighted by Crippen LogP contribution is -2.31. The van der Waals surface area contributed by atoms with Gasteiger partial charge in [0.25, 0.3) is 0 Å². The molecule has 8 heteroatoms. The molecule has 1 N–H and O–H groups in total. The van der Waals surface area contributed by atoms with Crippen molar-refractivity contribution >= 4 is 17.5 Å². The predicted molar refractivity (Wildman–Crippen MR) is 80.1 cm³/mol. The van der Waals surface area contributed by atoms with Crippen molar-refractivity contribution in [3.8, 4) is 0 Å². The van der Waals surface area contributed by atoms with Crippen LogP contribution in [0, 0.1) is 6.92 Å². The molecule has 0 atom stereocenters. The highest BCUT2D eigenvalue weighted by molar-refractivity contribution is 5.93. The van der Waals surface area contributed by atoms with Crippen LogP contribution in [0.5, 0.6) is 0 Å². The van der Waals surface area contributed by atoms with E-state index in [1.165, 1.54) is 11.0 Å². The Kier molecular flexibility index (Phi) is 4.83. The Bertz CT molecular complexity index is 686. The molecular formula is C15H15F3N4O. The summed E-state index contributed by atoms with van der Waals surface area (Å²) in [6.07, 6.45) is -3.69. The van der Waals surface area contributed by atoms with Crippen LogP contribution < -0.4 is 10.2 Å². The molecule has 0 fully saturated rings. The van der Waals surface area contributed by atoms with Crippen molar-refractivity contribution in [3.05, 3.63) is 47.8 Å². The second-order valence-electron chi connectivity index (χ2n) is 4.97. The van der Waals surface area contributed by atoms with E-state index in [-0.39, 0.29) is 18.3 Å². The van der Waals surface area contributed by atoms with E-state index in [0.717, 1.165) is 18.0 Å². The Morgan fingerprint density at radius 2 is 2.00 bits per heavy atom. The summed E-state index contributed by atoms with van der Waals surface area (Å²) in [7, 11) is 1.57. The highest BCUT2D eigenvalue weighted by Crippen LogP contribution is 2.29. The third-order valence-electron chi connectivity index (χ3n) is 3.00. The normalized spacial score (nSPS) is 11.2. The summed E-state index contributed by atoms with van der Waals surface area (Å²) in [5.74, 6) is 0.349. The van der Waals surface area contributed by atoms with Crippen LogP contribution in [-0.4, -0.2) is 29.5 Å². The van der Waals surface area contributed by atoms with Crippen LogP contribution >= 0.6 is 0 Å². The van der Waals surface area contributed by atoms with E-state index in [0.29, 0.717) is 5.82 Å². The lowest BCUT2D eigenvalue weighted by molar-refractivity contribution is -0.137. The van der Waals surface area contributed by atoms with Gasteiger partial charge in [0.15, 0.2) is 0 Å². The zero-order chi connectivity index (χ0) is 17.0. The number of halogens is 3. The Hall–Kier alpha value is -2.64. The molecule has 0 radical (unpaired) electrons. The minimum Gasteiger partial charge on any atom is -0.350 e. The molecule has 2 aromatic heterocycles. The van der Waals surface area contributed by atoms with E-state index >= 15 is 0 Å². The van der Waals surface area contributed by atoms with Gasteiger partial charge in [0.05, 0.1) is 12.1 Å². The van der Waals surface area contributed by atoms with Gasteiger partial charge in [0.1, 0.15) is 11.6 Å². The van der Waals surface area contributed by atoms with Crippen LogP contribution in [0.25, 0.3) is 0 Å². The number of rotatable bonds is 4. The first-order valence-corrected chi connectivity index (χ1v) is 6.73. The Morgan fingerprint density at radius 3 is 2.57 bits per heavy atom. The average Bonchev–Trinajstić information content (AvgIpc) is 2.46. The molecule has 23 heavy (non-hydrogen) atoms. The van der Waals surface area contributed by atoms with Crippen LogP contribution in [0.2, 0.25) is 0 Å². The maximum absolute atomic E-state index is 12.5. The minimum absolute atomic E-state index is 0.0615. The molecule has 0 aliphatic heterocycles. The number of nitrogens with zero attached hydrogens (tertiary/aromatic N) is 3. The summed E-state index contributed by atoms with van der Waals surface area (Å²) >= 11 is 0. The molecule has 0 aromatic carbocycles. The van der Waals surface area contributed by atoms with Crippen LogP contribution in [-0.2, 0) is 11.0 Å². The molecule has 5 nitrogen and oxygen atoms in total. The number of likely N-dealkylation sites (N-methyl/N-ethyl adjacent to an activating group) is 1. The third-order valence-corrected chi connectivity index (χ3v) is 3.00. The summed E-state index contributed by atoms with van der Waals surface area (Å²) in [5.41, 5.74) is -0.0661. The second-order valence-corrected chi connectivity index (χ2v) is 4.97. The Labute approximate surface area is 131 Å². The fourth-order valence-electron chi connectivity index (χ4n) is 1.87. The summed E-state index contributed by atoms with van der Waals surface area (Å²) in [4.78, 5) is 21.3. The molecule has 0 unspecified atom stereocenters. The maximum Gasteiger partial charge on any atom is 0.417 e. The molecule has 0 saturated carbocycles. The van der Waals surface area contributed by atoms with E-state index in [2.05, 4.69) is 15.3 Å². The molecule has 0 spiro atoms. The van der Waals surface area contributed by atoms with Crippen molar-refractivity contribution in [3.63, 3.8) is 0 Å². The van der Waals surface area contributed by atoms with Gasteiger partial charge in [0.2, 0.25) is 5.91 Å². The Balaban J connectivity index is 1.98. The van der Waals surface area contributed by atoms with Gasteiger partial charge >= 0.3 is 6.18 Å². The number of aryl methyl sites for hydroxylation is 1. The Morgan fingerprint density at radius 1 is 1.26 bits per heavy atom. The van der Waals surface area contributed by atoms with Gasteiger partial charge < -0.3 is 10.2 Å². The lowest BCUT2D eigenvalue weighted by atomic mass is 10.2. The van der Waals surface area contributed by atoms with Gasteiger partial charge in [0, 0.05) is 18.9 Å². The SMILES string of the molecule is Cc1cccc(NC(=O)CN(C)c2ccc(C(F)(F)F)cn2)n1. The predicted octanol–water partition coefficient (Wildman–Crippen LogP) is 2.88. The van der Waals surface area contributed by atoms with Gasteiger partial charge in [-0.1, -0.05) is 6.07 Å². The number of aromatic nitrogens is 2. The van der Waals surface area contributed by atoms with Crippen molar-refractivity contribution in [2.45, 2.75) is 13.1 Å². The van der Waals surface area contributed by atoms with Crippen molar-refractivity contribution in [1.29, 1.82) is 0 Å². The number of carbonyl (C=O) groups excluding carboxylic acids is 1. The minimum atomic E-state index is -4.43. The largest absolute Gasteiger partial charge is 0.417 e. The number of nitrogens with one attached hydrogen (secondary N) is 1. The molecule has 0 aliphatic rings. The zero-order valence-electron chi connectivity index (χ0n) is 12.6. The van der Waals surface area contributed by atoms with E-state index < -0.39 is 11.7 Å². The van der Waals surface area contributed by atoms with Gasteiger partial charge in [-0.3, -0.25) is 4.79 Å².